The minimum absolute atomic E-state index is 0.0218. The number of nitrogens with one attached hydrogen (secondary N) is 2. The topological polar surface area (TPSA) is 67.8 Å². The average Bonchev–Trinajstić information content (AvgIpc) is 2.63. The van der Waals surface area contributed by atoms with Gasteiger partial charge in [-0.1, -0.05) is 0 Å². The summed E-state index contributed by atoms with van der Waals surface area (Å²) in [6, 6.07) is 0. The van der Waals surface area contributed by atoms with Crippen LogP contribution in [-0.2, 0) is 4.79 Å². The predicted molar refractivity (Wildman–Crippen MR) is 78.6 cm³/mol. The molecule has 0 radical (unpaired) electrons. The highest BCUT2D eigenvalue weighted by atomic mass is 16.3. The molecule has 116 valence electrons. The van der Waals surface area contributed by atoms with Gasteiger partial charge in [-0.2, -0.15) is 0 Å². The van der Waals surface area contributed by atoms with E-state index in [4.69, 9.17) is 0 Å². The van der Waals surface area contributed by atoms with Gasteiger partial charge in [-0.15, -0.1) is 0 Å². The van der Waals surface area contributed by atoms with Crippen molar-refractivity contribution in [3.63, 3.8) is 0 Å². The summed E-state index contributed by atoms with van der Waals surface area (Å²) in [4.78, 5) is 16.5. The molecule has 2 aliphatic heterocycles. The van der Waals surface area contributed by atoms with Crippen LogP contribution >= 0.6 is 0 Å². The van der Waals surface area contributed by atoms with E-state index in [0.717, 1.165) is 52.0 Å². The van der Waals surface area contributed by atoms with Gasteiger partial charge in [0.1, 0.15) is 0 Å². The van der Waals surface area contributed by atoms with Gasteiger partial charge in [-0.05, 0) is 45.9 Å². The fourth-order valence-electron chi connectivity index (χ4n) is 2.88. The number of piperidine rings is 1. The van der Waals surface area contributed by atoms with Gasteiger partial charge >= 0.3 is 0 Å². The van der Waals surface area contributed by atoms with E-state index in [2.05, 4.69) is 27.5 Å². The zero-order valence-electron chi connectivity index (χ0n) is 12.5. The van der Waals surface area contributed by atoms with Gasteiger partial charge in [-0.3, -0.25) is 9.69 Å². The summed E-state index contributed by atoms with van der Waals surface area (Å²) in [5.41, 5.74) is -0.771. The molecule has 0 aliphatic carbocycles. The summed E-state index contributed by atoms with van der Waals surface area (Å²) >= 11 is 0. The second kappa shape index (κ2) is 7.36. The molecule has 2 saturated heterocycles. The number of carbonyl (C=O) groups excluding carboxylic acids is 1. The number of hydrogen-bond donors (Lipinski definition) is 3. The number of aliphatic hydroxyl groups is 1. The van der Waals surface area contributed by atoms with Crippen molar-refractivity contribution in [1.29, 1.82) is 0 Å². The van der Waals surface area contributed by atoms with Crippen molar-refractivity contribution in [3.8, 4) is 0 Å². The monoisotopic (exact) mass is 284 g/mol. The highest BCUT2D eigenvalue weighted by molar-refractivity contribution is 5.78. The van der Waals surface area contributed by atoms with Crippen LogP contribution in [0.4, 0.5) is 0 Å². The first-order chi connectivity index (χ1) is 9.57. The molecule has 0 spiro atoms. The Balaban J connectivity index is 1.69. The molecule has 1 amide bonds. The number of likely N-dealkylation sites (N-methyl/N-ethyl adjacent to an activating group) is 1. The van der Waals surface area contributed by atoms with Crippen LogP contribution in [0.5, 0.6) is 0 Å². The van der Waals surface area contributed by atoms with Crippen molar-refractivity contribution < 1.29 is 9.90 Å². The van der Waals surface area contributed by atoms with Crippen LogP contribution in [0.2, 0.25) is 0 Å². The van der Waals surface area contributed by atoms with Gasteiger partial charge in [0.2, 0.25) is 5.91 Å². The molecular weight excluding hydrogens is 256 g/mol. The van der Waals surface area contributed by atoms with Crippen LogP contribution in [0.25, 0.3) is 0 Å². The lowest BCUT2D eigenvalue weighted by Crippen LogP contribution is -2.53. The Labute approximate surface area is 121 Å². The number of carbonyl (C=O) groups is 1. The molecule has 0 aromatic carbocycles. The third kappa shape index (κ3) is 5.01. The number of nitrogens with zero attached hydrogens (tertiary/aromatic N) is 2. The first-order valence-electron chi connectivity index (χ1n) is 7.68. The fourth-order valence-corrected chi connectivity index (χ4v) is 2.88. The molecule has 6 heteroatoms. The highest BCUT2D eigenvalue weighted by Crippen LogP contribution is 2.14. The quantitative estimate of drug-likeness (QED) is 0.609. The van der Waals surface area contributed by atoms with E-state index in [1.54, 1.807) is 0 Å². The first kappa shape index (κ1) is 15.7. The van der Waals surface area contributed by atoms with Crippen LogP contribution < -0.4 is 10.6 Å². The fraction of sp³-hybridized carbons (Fsp3) is 0.929. The minimum Gasteiger partial charge on any atom is -0.387 e. The standard InChI is InChI=1S/C14H28N4O2/c1-17-6-3-7-18(9-8-17)10-13(19)16-12-14(20)4-2-5-15-11-14/h15,20H,2-12H2,1H3,(H,16,19). The molecule has 0 saturated carbocycles. The lowest BCUT2D eigenvalue weighted by atomic mass is 9.94. The Morgan fingerprint density at radius 2 is 2.15 bits per heavy atom. The number of amides is 1. The van der Waals surface area contributed by atoms with Gasteiger partial charge in [-0.25, -0.2) is 0 Å². The van der Waals surface area contributed by atoms with E-state index < -0.39 is 5.60 Å². The first-order valence-corrected chi connectivity index (χ1v) is 7.68. The summed E-state index contributed by atoms with van der Waals surface area (Å²) in [5, 5.41) is 16.4. The van der Waals surface area contributed by atoms with Crippen LogP contribution in [0, 0.1) is 0 Å². The van der Waals surface area contributed by atoms with Crippen molar-refractivity contribution in [2.24, 2.45) is 0 Å². The normalized spacial score (nSPS) is 29.9. The Bertz CT molecular complexity index is 318. The van der Waals surface area contributed by atoms with E-state index in [0.29, 0.717) is 19.6 Å². The SMILES string of the molecule is CN1CCCN(CC(=O)NCC2(O)CCCNC2)CC1. The molecule has 3 N–H and O–H groups in total. The zero-order valence-corrected chi connectivity index (χ0v) is 12.5. The Hall–Kier alpha value is -0.690. The van der Waals surface area contributed by atoms with Crippen LogP contribution in [0.15, 0.2) is 0 Å². The lowest BCUT2D eigenvalue weighted by Gasteiger charge is -2.33. The third-order valence-electron chi connectivity index (χ3n) is 4.24. The maximum absolute atomic E-state index is 12.0. The lowest BCUT2D eigenvalue weighted by molar-refractivity contribution is -0.123. The maximum Gasteiger partial charge on any atom is 0.234 e. The van der Waals surface area contributed by atoms with Gasteiger partial charge in [0, 0.05) is 26.2 Å². The Morgan fingerprint density at radius 3 is 2.90 bits per heavy atom. The summed E-state index contributed by atoms with van der Waals surface area (Å²) in [6.45, 7) is 6.35. The van der Waals surface area contributed by atoms with E-state index in [1.165, 1.54) is 0 Å². The molecule has 6 nitrogen and oxygen atoms in total. The molecule has 20 heavy (non-hydrogen) atoms. The van der Waals surface area contributed by atoms with Crippen molar-refractivity contribution >= 4 is 5.91 Å². The highest BCUT2D eigenvalue weighted by Gasteiger charge is 2.29. The molecule has 2 aliphatic rings. The zero-order chi connectivity index (χ0) is 14.4. The van der Waals surface area contributed by atoms with Crippen molar-refractivity contribution in [3.05, 3.63) is 0 Å². The molecule has 0 aromatic rings. The smallest absolute Gasteiger partial charge is 0.234 e. The third-order valence-corrected chi connectivity index (χ3v) is 4.24. The number of hydrogen-bond acceptors (Lipinski definition) is 5. The molecule has 1 unspecified atom stereocenters. The van der Waals surface area contributed by atoms with Gasteiger partial charge in [0.05, 0.1) is 12.1 Å². The minimum atomic E-state index is -0.771. The summed E-state index contributed by atoms with van der Waals surface area (Å²) < 4.78 is 0. The molecule has 2 fully saturated rings. The van der Waals surface area contributed by atoms with Crippen molar-refractivity contribution in [2.75, 3.05) is 59.4 Å². The van der Waals surface area contributed by atoms with Gasteiger partial charge in [0.25, 0.3) is 0 Å². The van der Waals surface area contributed by atoms with E-state index >= 15 is 0 Å². The van der Waals surface area contributed by atoms with Crippen molar-refractivity contribution in [1.82, 2.24) is 20.4 Å². The van der Waals surface area contributed by atoms with Crippen LogP contribution in [0.3, 0.4) is 0 Å². The molecule has 2 rings (SSSR count). The van der Waals surface area contributed by atoms with Crippen LogP contribution in [-0.4, -0.2) is 85.8 Å². The van der Waals surface area contributed by atoms with Gasteiger partial charge < -0.3 is 20.6 Å². The number of β-amino-alcohol motifs (C(OH)–C–C–N with tert-alkyl or cyclic N) is 1. The largest absolute Gasteiger partial charge is 0.387 e. The van der Waals surface area contributed by atoms with E-state index in [1.807, 2.05) is 0 Å². The number of rotatable bonds is 4. The summed E-state index contributed by atoms with van der Waals surface area (Å²) in [5.74, 6) is 0.0218. The molecule has 2 heterocycles. The molecule has 0 aromatic heterocycles. The second-order valence-corrected chi connectivity index (χ2v) is 6.21. The Kier molecular flexibility index (Phi) is 5.77. The second-order valence-electron chi connectivity index (χ2n) is 6.21. The molecule has 1 atom stereocenters. The maximum atomic E-state index is 12.0. The average molecular weight is 284 g/mol. The predicted octanol–water partition coefficient (Wildman–Crippen LogP) is -1.15. The van der Waals surface area contributed by atoms with Gasteiger partial charge in [0.15, 0.2) is 0 Å². The Morgan fingerprint density at radius 1 is 1.30 bits per heavy atom. The summed E-state index contributed by atoms with van der Waals surface area (Å²) in [6.07, 6.45) is 2.83. The van der Waals surface area contributed by atoms with E-state index in [9.17, 15) is 9.90 Å². The van der Waals surface area contributed by atoms with Crippen molar-refractivity contribution in [2.45, 2.75) is 24.9 Å². The summed E-state index contributed by atoms with van der Waals surface area (Å²) in [7, 11) is 2.12. The molecule has 0 bridgehead atoms. The van der Waals surface area contributed by atoms with Crippen LogP contribution in [0.1, 0.15) is 19.3 Å². The molecular formula is C14H28N4O2. The van der Waals surface area contributed by atoms with E-state index in [-0.39, 0.29) is 5.91 Å².